The number of hydrogen-bond donors (Lipinski definition) is 1. The van der Waals surface area contributed by atoms with E-state index in [0.29, 0.717) is 16.3 Å². The van der Waals surface area contributed by atoms with Gasteiger partial charge in [0.2, 0.25) is 5.88 Å². The molecule has 0 radical (unpaired) electrons. The number of ether oxygens (including phenoxy) is 2. The van der Waals surface area contributed by atoms with Crippen LogP contribution in [-0.2, 0) is 6.61 Å². The number of alkyl halides is 2. The van der Waals surface area contributed by atoms with Crippen LogP contribution in [0.2, 0.25) is 5.02 Å². The van der Waals surface area contributed by atoms with E-state index in [1.54, 1.807) is 31.3 Å². The molecule has 1 aromatic heterocycles. The van der Waals surface area contributed by atoms with E-state index in [9.17, 15) is 8.78 Å². The number of halogens is 3. The van der Waals surface area contributed by atoms with Crippen molar-refractivity contribution in [2.75, 3.05) is 12.4 Å². The molecule has 0 aliphatic carbocycles. The van der Waals surface area contributed by atoms with Crippen molar-refractivity contribution in [3.05, 3.63) is 47.1 Å². The first kappa shape index (κ1) is 15.3. The largest absolute Gasteiger partial charge is 0.472 e. The number of hydrogen-bond acceptors (Lipinski definition) is 4. The molecule has 0 saturated heterocycles. The molecule has 0 amide bonds. The predicted molar refractivity (Wildman–Crippen MR) is 76.2 cm³/mol. The van der Waals surface area contributed by atoms with E-state index in [-0.39, 0.29) is 18.2 Å². The summed E-state index contributed by atoms with van der Waals surface area (Å²) in [6.07, 6.45) is 1.53. The Morgan fingerprint density at radius 1 is 1.29 bits per heavy atom. The van der Waals surface area contributed by atoms with Gasteiger partial charge < -0.3 is 14.8 Å². The maximum atomic E-state index is 12.4. The second-order valence-corrected chi connectivity index (χ2v) is 4.40. The van der Waals surface area contributed by atoms with Crippen molar-refractivity contribution < 1.29 is 18.3 Å². The van der Waals surface area contributed by atoms with Crippen molar-refractivity contribution in [3.63, 3.8) is 0 Å². The highest BCUT2D eigenvalue weighted by Crippen LogP contribution is 2.30. The predicted octanol–water partition coefficient (Wildman–Crippen LogP) is 3.96. The lowest BCUT2D eigenvalue weighted by molar-refractivity contribution is -0.0508. The van der Waals surface area contributed by atoms with Crippen molar-refractivity contribution in [2.45, 2.75) is 13.2 Å². The minimum Gasteiger partial charge on any atom is -0.472 e. The maximum absolute atomic E-state index is 12.4. The number of rotatable bonds is 6. The lowest BCUT2D eigenvalue weighted by atomic mass is 10.1. The van der Waals surface area contributed by atoms with Gasteiger partial charge in [0.05, 0.1) is 5.56 Å². The average Bonchev–Trinajstić information content (AvgIpc) is 2.46. The first-order valence-corrected chi connectivity index (χ1v) is 6.47. The molecule has 2 rings (SSSR count). The molecule has 0 saturated carbocycles. The smallest absolute Gasteiger partial charge is 0.387 e. The molecule has 0 aliphatic heterocycles. The normalized spacial score (nSPS) is 10.5. The highest BCUT2D eigenvalue weighted by molar-refractivity contribution is 6.31. The van der Waals surface area contributed by atoms with Gasteiger partial charge in [0, 0.05) is 18.9 Å². The molecular weight excluding hydrogens is 302 g/mol. The molecule has 4 nitrogen and oxygen atoms in total. The molecule has 7 heteroatoms. The Morgan fingerprint density at radius 3 is 2.76 bits per heavy atom. The molecule has 1 aromatic carbocycles. The Balaban J connectivity index is 2.23. The summed E-state index contributed by atoms with van der Waals surface area (Å²) in [4.78, 5) is 3.98. The van der Waals surface area contributed by atoms with E-state index in [4.69, 9.17) is 16.3 Å². The Hall–Kier alpha value is -2.08. The van der Waals surface area contributed by atoms with Gasteiger partial charge in [-0.05, 0) is 24.3 Å². The van der Waals surface area contributed by atoms with Crippen LogP contribution >= 0.6 is 11.6 Å². The number of nitrogens with one attached hydrogen (secondary N) is 1. The molecular formula is C14H13ClF2N2O2. The van der Waals surface area contributed by atoms with Gasteiger partial charge in [0.25, 0.3) is 0 Å². The van der Waals surface area contributed by atoms with E-state index in [2.05, 4.69) is 15.0 Å². The third-order valence-electron chi connectivity index (χ3n) is 2.70. The van der Waals surface area contributed by atoms with E-state index >= 15 is 0 Å². The first-order valence-electron chi connectivity index (χ1n) is 6.09. The molecule has 0 aliphatic rings. The standard InChI is InChI=1S/C14H13ClF2N2O2/c1-18-11-5-2-6-12(21-14(16)17)9(11)8-20-13-10(15)4-3-7-19-13/h2-7,14,18H,8H2,1H3. The number of aromatic nitrogens is 1. The van der Waals surface area contributed by atoms with Gasteiger partial charge >= 0.3 is 6.61 Å². The monoisotopic (exact) mass is 314 g/mol. The van der Waals surface area contributed by atoms with Crippen LogP contribution in [0.15, 0.2) is 36.5 Å². The molecule has 1 heterocycles. The third-order valence-corrected chi connectivity index (χ3v) is 2.98. The van der Waals surface area contributed by atoms with Crippen LogP contribution in [0.5, 0.6) is 11.6 Å². The number of anilines is 1. The Kier molecular flexibility index (Phi) is 5.16. The summed E-state index contributed by atoms with van der Waals surface area (Å²) in [7, 11) is 1.68. The summed E-state index contributed by atoms with van der Waals surface area (Å²) in [6.45, 7) is -2.91. The minimum absolute atomic E-state index is 0.00417. The van der Waals surface area contributed by atoms with Gasteiger partial charge in [0.1, 0.15) is 17.4 Å². The fourth-order valence-corrected chi connectivity index (χ4v) is 1.95. The van der Waals surface area contributed by atoms with Crippen molar-refractivity contribution in [3.8, 4) is 11.6 Å². The summed E-state index contributed by atoms with van der Waals surface area (Å²) in [5, 5.41) is 3.25. The Bertz CT molecular complexity index is 611. The quantitative estimate of drug-likeness (QED) is 0.876. The number of benzene rings is 1. The third kappa shape index (κ3) is 3.95. The summed E-state index contributed by atoms with van der Waals surface area (Å²) in [5.41, 5.74) is 1.09. The van der Waals surface area contributed by atoms with Gasteiger partial charge in [-0.1, -0.05) is 17.7 Å². The zero-order valence-electron chi connectivity index (χ0n) is 11.1. The molecule has 2 aromatic rings. The van der Waals surface area contributed by atoms with Gasteiger partial charge in [-0.15, -0.1) is 0 Å². The van der Waals surface area contributed by atoms with Gasteiger partial charge in [-0.3, -0.25) is 0 Å². The summed E-state index contributed by atoms with van der Waals surface area (Å²) in [6, 6.07) is 8.09. The second kappa shape index (κ2) is 7.08. The summed E-state index contributed by atoms with van der Waals surface area (Å²) < 4.78 is 34.9. The SMILES string of the molecule is CNc1cccc(OC(F)F)c1COc1ncccc1Cl. The van der Waals surface area contributed by atoms with Crippen LogP contribution in [-0.4, -0.2) is 18.6 Å². The summed E-state index contributed by atoms with van der Waals surface area (Å²) >= 11 is 5.93. The molecule has 0 unspecified atom stereocenters. The number of pyridine rings is 1. The van der Waals surface area contributed by atoms with Crippen molar-refractivity contribution >= 4 is 17.3 Å². The molecule has 0 spiro atoms. The van der Waals surface area contributed by atoms with Crippen LogP contribution in [0.4, 0.5) is 14.5 Å². The van der Waals surface area contributed by atoms with Crippen LogP contribution < -0.4 is 14.8 Å². The van der Waals surface area contributed by atoms with Crippen LogP contribution in [0.3, 0.4) is 0 Å². The van der Waals surface area contributed by atoms with Gasteiger partial charge in [-0.25, -0.2) is 4.98 Å². The fraction of sp³-hybridized carbons (Fsp3) is 0.214. The molecule has 0 bridgehead atoms. The summed E-state index contributed by atoms with van der Waals surface area (Å²) in [5.74, 6) is 0.275. The van der Waals surface area contributed by atoms with Gasteiger partial charge in [-0.2, -0.15) is 8.78 Å². The molecule has 112 valence electrons. The fourth-order valence-electron chi connectivity index (χ4n) is 1.77. The molecule has 21 heavy (non-hydrogen) atoms. The maximum Gasteiger partial charge on any atom is 0.387 e. The molecule has 1 N–H and O–H groups in total. The van der Waals surface area contributed by atoms with Crippen LogP contribution in [0.25, 0.3) is 0 Å². The molecule has 0 fully saturated rings. The molecule has 0 atom stereocenters. The van der Waals surface area contributed by atoms with E-state index in [0.717, 1.165) is 0 Å². The lowest BCUT2D eigenvalue weighted by Gasteiger charge is -2.15. The van der Waals surface area contributed by atoms with Gasteiger partial charge in [0.15, 0.2) is 0 Å². The zero-order chi connectivity index (χ0) is 15.2. The second-order valence-electron chi connectivity index (χ2n) is 3.99. The van der Waals surface area contributed by atoms with Crippen LogP contribution in [0, 0.1) is 0 Å². The lowest BCUT2D eigenvalue weighted by Crippen LogP contribution is -2.08. The highest BCUT2D eigenvalue weighted by atomic mass is 35.5. The number of nitrogens with zero attached hydrogens (tertiary/aromatic N) is 1. The zero-order valence-corrected chi connectivity index (χ0v) is 11.9. The van der Waals surface area contributed by atoms with Crippen LogP contribution in [0.1, 0.15) is 5.56 Å². The minimum atomic E-state index is -2.91. The Labute approximate surface area is 125 Å². The first-order chi connectivity index (χ1) is 10.1. The van der Waals surface area contributed by atoms with Crippen molar-refractivity contribution in [1.29, 1.82) is 0 Å². The van der Waals surface area contributed by atoms with E-state index in [1.165, 1.54) is 12.3 Å². The highest BCUT2D eigenvalue weighted by Gasteiger charge is 2.14. The topological polar surface area (TPSA) is 43.4 Å². The van der Waals surface area contributed by atoms with Crippen molar-refractivity contribution in [1.82, 2.24) is 4.98 Å². The Morgan fingerprint density at radius 2 is 2.10 bits per heavy atom. The van der Waals surface area contributed by atoms with E-state index < -0.39 is 6.61 Å². The van der Waals surface area contributed by atoms with Crippen molar-refractivity contribution in [2.24, 2.45) is 0 Å². The average molecular weight is 315 g/mol. The van der Waals surface area contributed by atoms with E-state index in [1.807, 2.05) is 0 Å².